The van der Waals surface area contributed by atoms with Gasteiger partial charge in [-0.15, -0.1) is 0 Å². The Balaban J connectivity index is 1.89. The molecule has 0 aliphatic carbocycles. The highest BCUT2D eigenvalue weighted by Crippen LogP contribution is 2.52. The first-order valence-corrected chi connectivity index (χ1v) is 7.78. The quantitative estimate of drug-likeness (QED) is 0.609. The lowest BCUT2D eigenvalue weighted by molar-refractivity contribution is -0.149. The summed E-state index contributed by atoms with van der Waals surface area (Å²) in [7, 11) is 0. The second-order valence-electron chi connectivity index (χ2n) is 5.77. The van der Waals surface area contributed by atoms with Gasteiger partial charge in [0.2, 0.25) is 0 Å². The number of carbonyl (C=O) groups is 1. The summed E-state index contributed by atoms with van der Waals surface area (Å²) < 4.78 is 49.4. The molecule has 2 heterocycles. The summed E-state index contributed by atoms with van der Waals surface area (Å²) in [6.07, 6.45) is -1.88. The monoisotopic (exact) mass is 351 g/mol. The lowest BCUT2D eigenvalue weighted by Gasteiger charge is -2.14. The number of rotatable bonds is 5. The van der Waals surface area contributed by atoms with Gasteiger partial charge < -0.3 is 9.47 Å². The number of epoxide rings is 1. The first-order valence-electron chi connectivity index (χ1n) is 7.78. The molecule has 0 amide bonds. The Bertz CT molecular complexity index is 764. The fraction of sp³-hybridized carbons (Fsp3) is 0.333. The van der Waals surface area contributed by atoms with Gasteiger partial charge in [-0.05, 0) is 24.6 Å². The number of halogens is 3. The standard InChI is InChI=1S/C18H16F3NO3/c1-2-24-16(23)17(15(25-17)13-6-4-8-22-11-13)10-12-5-3-7-14(9-12)18(19,20)21/h3-9,11,15H,2,10H2,1H3. The molecule has 25 heavy (non-hydrogen) atoms. The molecule has 2 aromatic rings. The highest BCUT2D eigenvalue weighted by atomic mass is 19.4. The molecule has 0 saturated carbocycles. The van der Waals surface area contributed by atoms with Crippen LogP contribution in [0.2, 0.25) is 0 Å². The average Bonchev–Trinajstić information content (AvgIpc) is 3.31. The van der Waals surface area contributed by atoms with E-state index in [1.807, 2.05) is 0 Å². The summed E-state index contributed by atoms with van der Waals surface area (Å²) in [5, 5.41) is 0. The number of pyridine rings is 1. The van der Waals surface area contributed by atoms with Gasteiger partial charge in [0.25, 0.3) is 0 Å². The van der Waals surface area contributed by atoms with Gasteiger partial charge in [-0.2, -0.15) is 13.2 Å². The van der Waals surface area contributed by atoms with Crippen molar-refractivity contribution in [2.24, 2.45) is 0 Å². The molecule has 1 aromatic heterocycles. The largest absolute Gasteiger partial charge is 0.464 e. The van der Waals surface area contributed by atoms with E-state index in [1.165, 1.54) is 12.1 Å². The lowest BCUT2D eigenvalue weighted by atomic mass is 9.92. The van der Waals surface area contributed by atoms with E-state index in [-0.39, 0.29) is 13.0 Å². The molecule has 1 aliphatic rings. The van der Waals surface area contributed by atoms with Crippen molar-refractivity contribution in [3.05, 3.63) is 65.5 Å². The fourth-order valence-corrected chi connectivity index (χ4v) is 2.82. The number of carbonyl (C=O) groups excluding carboxylic acids is 1. The van der Waals surface area contributed by atoms with Crippen LogP contribution in [0.5, 0.6) is 0 Å². The maximum absolute atomic E-state index is 12.9. The first kappa shape index (κ1) is 17.4. The molecule has 1 aromatic carbocycles. The second-order valence-corrected chi connectivity index (χ2v) is 5.77. The third-order valence-corrected chi connectivity index (χ3v) is 4.02. The SMILES string of the molecule is CCOC(=O)C1(Cc2cccc(C(F)(F)F)c2)OC1c1cccnc1. The van der Waals surface area contributed by atoms with E-state index in [4.69, 9.17) is 9.47 Å². The van der Waals surface area contributed by atoms with Crippen LogP contribution in [-0.2, 0) is 26.9 Å². The number of esters is 1. The number of aromatic nitrogens is 1. The van der Waals surface area contributed by atoms with E-state index >= 15 is 0 Å². The predicted molar refractivity (Wildman–Crippen MR) is 82.6 cm³/mol. The Morgan fingerprint density at radius 1 is 1.32 bits per heavy atom. The molecule has 1 saturated heterocycles. The molecule has 1 fully saturated rings. The molecule has 2 atom stereocenters. The lowest BCUT2D eigenvalue weighted by Crippen LogP contribution is -2.30. The fourth-order valence-electron chi connectivity index (χ4n) is 2.82. The van der Waals surface area contributed by atoms with Crippen LogP contribution in [0.3, 0.4) is 0 Å². The smallest absolute Gasteiger partial charge is 0.416 e. The Morgan fingerprint density at radius 2 is 2.12 bits per heavy atom. The zero-order chi connectivity index (χ0) is 18.1. The number of hydrogen-bond donors (Lipinski definition) is 0. The van der Waals surface area contributed by atoms with E-state index in [2.05, 4.69) is 4.98 Å². The molecular formula is C18H16F3NO3. The molecule has 132 valence electrons. The van der Waals surface area contributed by atoms with E-state index in [0.717, 1.165) is 12.1 Å². The molecule has 7 heteroatoms. The molecule has 1 aliphatic heterocycles. The Morgan fingerprint density at radius 3 is 2.76 bits per heavy atom. The molecule has 0 N–H and O–H groups in total. The molecule has 4 nitrogen and oxygen atoms in total. The van der Waals surface area contributed by atoms with Crippen LogP contribution in [0, 0.1) is 0 Å². The van der Waals surface area contributed by atoms with Crippen LogP contribution >= 0.6 is 0 Å². The van der Waals surface area contributed by atoms with Crippen LogP contribution < -0.4 is 0 Å². The minimum absolute atomic E-state index is 0.00465. The van der Waals surface area contributed by atoms with Crippen LogP contribution in [-0.4, -0.2) is 23.2 Å². The molecule has 0 radical (unpaired) electrons. The summed E-state index contributed by atoms with van der Waals surface area (Å²) >= 11 is 0. The van der Waals surface area contributed by atoms with Crippen molar-refractivity contribution < 1.29 is 27.4 Å². The number of ether oxygens (including phenoxy) is 2. The molecular weight excluding hydrogens is 335 g/mol. The molecule has 0 bridgehead atoms. The van der Waals surface area contributed by atoms with Gasteiger partial charge in [0.15, 0.2) is 5.60 Å². The maximum atomic E-state index is 12.9. The van der Waals surface area contributed by atoms with Crippen molar-refractivity contribution in [3.63, 3.8) is 0 Å². The van der Waals surface area contributed by atoms with Crippen molar-refractivity contribution in [2.75, 3.05) is 6.61 Å². The highest BCUT2D eigenvalue weighted by molar-refractivity contribution is 5.84. The van der Waals surface area contributed by atoms with Crippen LogP contribution in [0.1, 0.15) is 29.7 Å². The summed E-state index contributed by atoms with van der Waals surface area (Å²) in [4.78, 5) is 16.4. The Labute approximate surface area is 142 Å². The number of nitrogens with zero attached hydrogens (tertiary/aromatic N) is 1. The zero-order valence-electron chi connectivity index (χ0n) is 13.4. The predicted octanol–water partition coefficient (Wildman–Crippen LogP) is 3.72. The first-order chi connectivity index (χ1) is 11.9. The van der Waals surface area contributed by atoms with Gasteiger partial charge in [-0.3, -0.25) is 4.98 Å². The average molecular weight is 351 g/mol. The van der Waals surface area contributed by atoms with Crippen LogP contribution in [0.4, 0.5) is 13.2 Å². The van der Waals surface area contributed by atoms with E-state index < -0.39 is 29.4 Å². The van der Waals surface area contributed by atoms with Crippen molar-refractivity contribution in [1.82, 2.24) is 4.98 Å². The molecule has 3 rings (SSSR count). The van der Waals surface area contributed by atoms with Gasteiger partial charge in [-0.1, -0.05) is 24.3 Å². The topological polar surface area (TPSA) is 51.7 Å². The van der Waals surface area contributed by atoms with Crippen molar-refractivity contribution >= 4 is 5.97 Å². The van der Waals surface area contributed by atoms with Crippen molar-refractivity contribution in [1.29, 1.82) is 0 Å². The summed E-state index contributed by atoms with van der Waals surface area (Å²) in [6.45, 7) is 1.82. The highest BCUT2D eigenvalue weighted by Gasteiger charge is 2.64. The number of hydrogen-bond acceptors (Lipinski definition) is 4. The minimum atomic E-state index is -4.44. The van der Waals surface area contributed by atoms with E-state index in [9.17, 15) is 18.0 Å². The number of benzene rings is 1. The van der Waals surface area contributed by atoms with Gasteiger partial charge in [-0.25, -0.2) is 4.79 Å². The van der Waals surface area contributed by atoms with Crippen molar-refractivity contribution in [3.8, 4) is 0 Å². The third-order valence-electron chi connectivity index (χ3n) is 4.02. The number of alkyl halides is 3. The summed E-state index contributed by atoms with van der Waals surface area (Å²) in [6, 6.07) is 8.34. The molecule has 0 spiro atoms. The summed E-state index contributed by atoms with van der Waals surface area (Å²) in [5.74, 6) is -0.582. The maximum Gasteiger partial charge on any atom is 0.416 e. The second kappa shape index (κ2) is 6.48. The van der Waals surface area contributed by atoms with Gasteiger partial charge in [0.1, 0.15) is 6.10 Å². The van der Waals surface area contributed by atoms with Gasteiger partial charge >= 0.3 is 12.1 Å². The van der Waals surface area contributed by atoms with E-state index in [1.54, 1.807) is 31.5 Å². The zero-order valence-corrected chi connectivity index (χ0v) is 13.4. The van der Waals surface area contributed by atoms with E-state index in [0.29, 0.717) is 11.1 Å². The van der Waals surface area contributed by atoms with Crippen molar-refractivity contribution in [2.45, 2.75) is 31.2 Å². The minimum Gasteiger partial charge on any atom is -0.464 e. The van der Waals surface area contributed by atoms with Crippen LogP contribution in [0.15, 0.2) is 48.8 Å². The Hall–Kier alpha value is -2.41. The third kappa shape index (κ3) is 3.51. The molecule has 2 unspecified atom stereocenters. The normalized spacial score (nSPS) is 22.5. The Kier molecular flexibility index (Phi) is 4.51. The van der Waals surface area contributed by atoms with Crippen LogP contribution in [0.25, 0.3) is 0 Å². The summed E-state index contributed by atoms with van der Waals surface area (Å²) in [5.41, 5.74) is -1.04. The van der Waals surface area contributed by atoms with Gasteiger partial charge in [0.05, 0.1) is 12.2 Å². The van der Waals surface area contributed by atoms with Gasteiger partial charge in [0, 0.05) is 24.4 Å².